The van der Waals surface area contributed by atoms with Crippen LogP contribution in [-0.2, 0) is 6.54 Å². The van der Waals surface area contributed by atoms with Crippen molar-refractivity contribution in [2.24, 2.45) is 0 Å². The fourth-order valence-electron chi connectivity index (χ4n) is 2.39. The molecular formula is C17H14ClNO. The predicted octanol–water partition coefficient (Wildman–Crippen LogP) is 4.49. The molecule has 0 amide bonds. The molecule has 2 aromatic carbocycles. The van der Waals surface area contributed by atoms with E-state index in [0.717, 1.165) is 22.0 Å². The number of aryl methyl sites for hydroxylation is 1. The van der Waals surface area contributed by atoms with E-state index < -0.39 is 0 Å². The van der Waals surface area contributed by atoms with Gasteiger partial charge in [0.15, 0.2) is 5.78 Å². The summed E-state index contributed by atoms with van der Waals surface area (Å²) in [6.07, 6.45) is 1.91. The zero-order chi connectivity index (χ0) is 14.1. The summed E-state index contributed by atoms with van der Waals surface area (Å²) in [6, 6.07) is 15.4. The van der Waals surface area contributed by atoms with Crippen LogP contribution in [0.25, 0.3) is 10.9 Å². The van der Waals surface area contributed by atoms with Gasteiger partial charge < -0.3 is 4.57 Å². The topological polar surface area (TPSA) is 22.0 Å². The first-order valence-corrected chi connectivity index (χ1v) is 6.86. The second-order valence-electron chi connectivity index (χ2n) is 4.91. The van der Waals surface area contributed by atoms with Crippen LogP contribution in [0.2, 0.25) is 5.02 Å². The molecule has 0 atom stereocenters. The number of carbonyl (C=O) groups is 1. The van der Waals surface area contributed by atoms with Crippen molar-refractivity contribution in [1.82, 2.24) is 4.57 Å². The van der Waals surface area contributed by atoms with E-state index in [1.807, 2.05) is 66.2 Å². The molecule has 0 saturated carbocycles. The summed E-state index contributed by atoms with van der Waals surface area (Å²) < 4.78 is 1.94. The normalized spacial score (nSPS) is 10.9. The molecule has 0 radical (unpaired) electrons. The standard InChI is InChI=1S/C17H14ClNO/c1-12-4-2-5-13(10-12)17(20)11-19-9-8-14-15(18)6-3-7-16(14)19/h2-10H,11H2,1H3. The fraction of sp³-hybridized carbons (Fsp3) is 0.118. The maximum atomic E-state index is 12.3. The largest absolute Gasteiger partial charge is 0.340 e. The summed E-state index contributed by atoms with van der Waals surface area (Å²) in [5.41, 5.74) is 2.82. The van der Waals surface area contributed by atoms with Gasteiger partial charge in [-0.15, -0.1) is 0 Å². The van der Waals surface area contributed by atoms with Crippen LogP contribution in [-0.4, -0.2) is 10.4 Å². The molecule has 0 aliphatic carbocycles. The van der Waals surface area contributed by atoms with Crippen LogP contribution in [0.3, 0.4) is 0 Å². The number of hydrogen-bond donors (Lipinski definition) is 0. The summed E-state index contributed by atoms with van der Waals surface area (Å²) in [6.45, 7) is 2.31. The molecule has 0 aliphatic heterocycles. The lowest BCUT2D eigenvalue weighted by Gasteiger charge is -2.06. The van der Waals surface area contributed by atoms with Gasteiger partial charge in [-0.2, -0.15) is 0 Å². The number of halogens is 1. The van der Waals surface area contributed by atoms with Crippen LogP contribution < -0.4 is 0 Å². The van der Waals surface area contributed by atoms with E-state index in [2.05, 4.69) is 0 Å². The number of aromatic nitrogens is 1. The molecule has 0 fully saturated rings. The highest BCUT2D eigenvalue weighted by Gasteiger charge is 2.10. The van der Waals surface area contributed by atoms with Gasteiger partial charge in [0, 0.05) is 27.7 Å². The smallest absolute Gasteiger partial charge is 0.182 e. The van der Waals surface area contributed by atoms with Gasteiger partial charge in [-0.05, 0) is 31.2 Å². The third kappa shape index (κ3) is 2.35. The van der Waals surface area contributed by atoms with E-state index >= 15 is 0 Å². The first kappa shape index (κ1) is 12.9. The number of benzene rings is 2. The van der Waals surface area contributed by atoms with Crippen molar-refractivity contribution in [3.63, 3.8) is 0 Å². The Hall–Kier alpha value is -2.06. The van der Waals surface area contributed by atoms with Crippen LogP contribution in [0, 0.1) is 6.92 Å². The van der Waals surface area contributed by atoms with Crippen LogP contribution in [0.5, 0.6) is 0 Å². The van der Waals surface area contributed by atoms with E-state index in [-0.39, 0.29) is 5.78 Å². The Morgan fingerprint density at radius 3 is 2.75 bits per heavy atom. The van der Waals surface area contributed by atoms with Gasteiger partial charge in [0.2, 0.25) is 0 Å². The van der Waals surface area contributed by atoms with Crippen LogP contribution >= 0.6 is 11.6 Å². The summed E-state index contributed by atoms with van der Waals surface area (Å²) in [4.78, 5) is 12.3. The van der Waals surface area contributed by atoms with Gasteiger partial charge in [0.25, 0.3) is 0 Å². The molecular weight excluding hydrogens is 270 g/mol. The molecule has 3 aromatic rings. The Morgan fingerprint density at radius 1 is 1.15 bits per heavy atom. The Morgan fingerprint density at radius 2 is 1.95 bits per heavy atom. The quantitative estimate of drug-likeness (QED) is 0.649. The van der Waals surface area contributed by atoms with Gasteiger partial charge >= 0.3 is 0 Å². The minimum Gasteiger partial charge on any atom is -0.340 e. The van der Waals surface area contributed by atoms with Gasteiger partial charge in [-0.1, -0.05) is 41.4 Å². The van der Waals surface area contributed by atoms with Crippen molar-refractivity contribution in [3.05, 3.63) is 70.9 Å². The molecule has 0 spiro atoms. The molecule has 1 heterocycles. The zero-order valence-electron chi connectivity index (χ0n) is 11.1. The third-order valence-corrected chi connectivity index (χ3v) is 3.74. The van der Waals surface area contributed by atoms with Crippen molar-refractivity contribution < 1.29 is 4.79 Å². The average Bonchev–Trinajstić information content (AvgIpc) is 2.83. The Bertz CT molecular complexity index is 789. The minimum atomic E-state index is 0.103. The molecule has 0 bridgehead atoms. The van der Waals surface area contributed by atoms with E-state index in [0.29, 0.717) is 11.6 Å². The average molecular weight is 284 g/mol. The molecule has 20 heavy (non-hydrogen) atoms. The number of fused-ring (bicyclic) bond motifs is 1. The molecule has 0 unspecified atom stereocenters. The van der Waals surface area contributed by atoms with Crippen molar-refractivity contribution in [2.45, 2.75) is 13.5 Å². The Kier molecular flexibility index (Phi) is 3.33. The lowest BCUT2D eigenvalue weighted by atomic mass is 10.1. The molecule has 3 heteroatoms. The first-order chi connectivity index (χ1) is 9.65. The lowest BCUT2D eigenvalue weighted by molar-refractivity contribution is 0.0973. The van der Waals surface area contributed by atoms with Crippen molar-refractivity contribution in [1.29, 1.82) is 0 Å². The Labute approximate surface area is 122 Å². The zero-order valence-corrected chi connectivity index (χ0v) is 11.9. The van der Waals surface area contributed by atoms with Gasteiger partial charge in [-0.25, -0.2) is 0 Å². The van der Waals surface area contributed by atoms with Crippen LogP contribution in [0.4, 0.5) is 0 Å². The van der Waals surface area contributed by atoms with Gasteiger partial charge in [0.05, 0.1) is 6.54 Å². The van der Waals surface area contributed by atoms with Crippen molar-refractivity contribution >= 4 is 28.3 Å². The predicted molar refractivity (Wildman–Crippen MR) is 82.5 cm³/mol. The molecule has 3 rings (SSSR count). The molecule has 0 saturated heterocycles. The van der Waals surface area contributed by atoms with E-state index in [9.17, 15) is 4.79 Å². The van der Waals surface area contributed by atoms with Crippen LogP contribution in [0.15, 0.2) is 54.7 Å². The SMILES string of the molecule is Cc1cccc(C(=O)Cn2ccc3c(Cl)cccc32)c1. The molecule has 0 N–H and O–H groups in total. The first-order valence-electron chi connectivity index (χ1n) is 6.48. The molecule has 100 valence electrons. The monoisotopic (exact) mass is 283 g/mol. The fourth-order valence-corrected chi connectivity index (χ4v) is 2.62. The number of ketones is 1. The van der Waals surface area contributed by atoms with E-state index in [1.54, 1.807) is 0 Å². The number of carbonyl (C=O) groups excluding carboxylic acids is 1. The minimum absolute atomic E-state index is 0.103. The molecule has 2 nitrogen and oxygen atoms in total. The van der Waals surface area contributed by atoms with Crippen molar-refractivity contribution in [2.75, 3.05) is 0 Å². The highest BCUT2D eigenvalue weighted by Crippen LogP contribution is 2.24. The number of nitrogens with zero attached hydrogens (tertiary/aromatic N) is 1. The summed E-state index contributed by atoms with van der Waals surface area (Å²) in [5, 5.41) is 1.69. The lowest BCUT2D eigenvalue weighted by Crippen LogP contribution is -2.09. The summed E-state index contributed by atoms with van der Waals surface area (Å²) in [5.74, 6) is 0.103. The maximum absolute atomic E-state index is 12.3. The second-order valence-corrected chi connectivity index (χ2v) is 5.32. The maximum Gasteiger partial charge on any atom is 0.182 e. The summed E-state index contributed by atoms with van der Waals surface area (Å²) >= 11 is 6.15. The number of hydrogen-bond acceptors (Lipinski definition) is 1. The molecule has 1 aromatic heterocycles. The highest BCUT2D eigenvalue weighted by atomic mass is 35.5. The summed E-state index contributed by atoms with van der Waals surface area (Å²) in [7, 11) is 0. The van der Waals surface area contributed by atoms with Gasteiger partial charge in [-0.3, -0.25) is 4.79 Å². The van der Waals surface area contributed by atoms with E-state index in [1.165, 1.54) is 0 Å². The van der Waals surface area contributed by atoms with Crippen LogP contribution in [0.1, 0.15) is 15.9 Å². The molecule has 0 aliphatic rings. The number of rotatable bonds is 3. The second kappa shape index (κ2) is 5.14. The van der Waals surface area contributed by atoms with E-state index in [4.69, 9.17) is 11.6 Å². The Balaban J connectivity index is 1.94. The third-order valence-electron chi connectivity index (χ3n) is 3.41. The van der Waals surface area contributed by atoms with Gasteiger partial charge in [0.1, 0.15) is 0 Å². The number of Topliss-reactive ketones (excluding diaryl/α,β-unsaturated/α-hetero) is 1. The highest BCUT2D eigenvalue weighted by molar-refractivity contribution is 6.35. The van der Waals surface area contributed by atoms with Crippen molar-refractivity contribution in [3.8, 4) is 0 Å².